The van der Waals surface area contributed by atoms with Gasteiger partial charge in [0, 0.05) is 32.5 Å². The Morgan fingerprint density at radius 3 is 2.04 bits per heavy atom. The Morgan fingerprint density at radius 2 is 1.52 bits per heavy atom. The molecule has 1 aromatic carbocycles. The number of hydrogen-bond donors (Lipinski definition) is 0. The molecule has 1 aromatic rings. The minimum atomic E-state index is -1.23. The first-order valence-electron chi connectivity index (χ1n) is 8.63. The molecule has 0 unspecified atom stereocenters. The van der Waals surface area contributed by atoms with Crippen molar-refractivity contribution in [3.05, 3.63) is 41.0 Å². The Bertz CT molecular complexity index is 659. The van der Waals surface area contributed by atoms with E-state index in [9.17, 15) is 9.59 Å². The summed E-state index contributed by atoms with van der Waals surface area (Å²) in [7, 11) is 0. The first-order valence-corrected chi connectivity index (χ1v) is 8.63. The Morgan fingerprint density at radius 1 is 1.00 bits per heavy atom. The summed E-state index contributed by atoms with van der Waals surface area (Å²) in [5.74, 6) is -2.53. The molecule has 2 rings (SSSR count). The predicted octanol–water partition coefficient (Wildman–Crippen LogP) is 3.52. The Balaban J connectivity index is 2.35. The van der Waals surface area contributed by atoms with Crippen LogP contribution in [0.4, 0.5) is 0 Å². The highest BCUT2D eigenvalue weighted by molar-refractivity contribution is 6.18. The van der Waals surface area contributed by atoms with Gasteiger partial charge in [0.05, 0.1) is 0 Å². The summed E-state index contributed by atoms with van der Waals surface area (Å²) >= 11 is 0. The number of esters is 2. The van der Waals surface area contributed by atoms with Gasteiger partial charge in [0.15, 0.2) is 0 Å². The number of nitrogens with zero attached hydrogens (tertiary/aromatic N) is 1. The molecule has 1 fully saturated rings. The van der Waals surface area contributed by atoms with Gasteiger partial charge in [-0.15, -0.1) is 0 Å². The molecular formula is C20H27NO4. The van der Waals surface area contributed by atoms with Crippen LogP contribution in [0.25, 0.3) is 6.08 Å². The van der Waals surface area contributed by atoms with Crippen LogP contribution in [0.2, 0.25) is 0 Å². The van der Waals surface area contributed by atoms with E-state index in [2.05, 4.69) is 32.6 Å². The first-order chi connectivity index (χ1) is 11.6. The zero-order chi connectivity index (χ0) is 18.8. The van der Waals surface area contributed by atoms with Gasteiger partial charge in [0.2, 0.25) is 0 Å². The fourth-order valence-electron chi connectivity index (χ4n) is 2.91. The molecule has 0 spiro atoms. The predicted molar refractivity (Wildman–Crippen MR) is 96.5 cm³/mol. The minimum Gasteiger partial charge on any atom is -0.419 e. The lowest BCUT2D eigenvalue weighted by Gasteiger charge is -2.31. The number of ether oxygens (including phenoxy) is 2. The topological polar surface area (TPSA) is 55.8 Å². The van der Waals surface area contributed by atoms with E-state index in [0.717, 1.165) is 17.7 Å². The third kappa shape index (κ3) is 4.69. The second kappa shape index (κ2) is 7.40. The fourth-order valence-corrected chi connectivity index (χ4v) is 2.91. The van der Waals surface area contributed by atoms with Gasteiger partial charge in [0.25, 0.3) is 5.79 Å². The van der Waals surface area contributed by atoms with Crippen molar-refractivity contribution in [3.63, 3.8) is 0 Å². The summed E-state index contributed by atoms with van der Waals surface area (Å²) in [6, 6.07) is 8.50. The summed E-state index contributed by atoms with van der Waals surface area (Å²) in [5, 5.41) is 0. The summed E-state index contributed by atoms with van der Waals surface area (Å²) < 4.78 is 10.3. The maximum absolute atomic E-state index is 12.2. The van der Waals surface area contributed by atoms with Crippen molar-refractivity contribution in [1.82, 2.24) is 4.90 Å². The van der Waals surface area contributed by atoms with Crippen molar-refractivity contribution < 1.29 is 19.1 Å². The SMILES string of the molecule is CC(C)N(Cc1ccccc1C=C1C(=O)OC(C)(C)OC1=O)C(C)C. The molecule has 0 aliphatic carbocycles. The van der Waals surface area contributed by atoms with Crippen LogP contribution in [0.5, 0.6) is 0 Å². The second-order valence-electron chi connectivity index (χ2n) is 7.30. The third-order valence-electron chi connectivity index (χ3n) is 4.15. The van der Waals surface area contributed by atoms with Crippen molar-refractivity contribution in [2.45, 2.75) is 66.0 Å². The maximum atomic E-state index is 12.2. The molecule has 1 aliphatic heterocycles. The van der Waals surface area contributed by atoms with E-state index in [1.165, 1.54) is 13.8 Å². The van der Waals surface area contributed by atoms with Gasteiger partial charge < -0.3 is 9.47 Å². The normalized spacial score (nSPS) is 17.1. The number of hydrogen-bond acceptors (Lipinski definition) is 5. The van der Waals surface area contributed by atoms with Crippen LogP contribution in [-0.4, -0.2) is 34.7 Å². The summed E-state index contributed by atoms with van der Waals surface area (Å²) in [6.07, 6.45) is 1.56. The monoisotopic (exact) mass is 345 g/mol. The molecule has 5 heteroatoms. The van der Waals surface area contributed by atoms with Gasteiger partial charge in [-0.2, -0.15) is 0 Å². The van der Waals surface area contributed by atoms with Gasteiger partial charge in [-0.3, -0.25) is 4.90 Å². The zero-order valence-corrected chi connectivity index (χ0v) is 15.8. The molecular weight excluding hydrogens is 318 g/mol. The highest BCUT2D eigenvalue weighted by Gasteiger charge is 2.38. The molecule has 0 radical (unpaired) electrons. The van der Waals surface area contributed by atoms with Crippen molar-refractivity contribution in [2.75, 3.05) is 0 Å². The van der Waals surface area contributed by atoms with E-state index in [1.807, 2.05) is 24.3 Å². The van der Waals surface area contributed by atoms with Gasteiger partial charge >= 0.3 is 11.9 Å². The van der Waals surface area contributed by atoms with Crippen LogP contribution < -0.4 is 0 Å². The Kier molecular flexibility index (Phi) is 5.68. The van der Waals surface area contributed by atoms with E-state index >= 15 is 0 Å². The van der Waals surface area contributed by atoms with E-state index in [4.69, 9.17) is 9.47 Å². The smallest absolute Gasteiger partial charge is 0.348 e. The summed E-state index contributed by atoms with van der Waals surface area (Å²) in [4.78, 5) is 26.7. The molecule has 0 bridgehead atoms. The molecule has 5 nitrogen and oxygen atoms in total. The molecule has 1 aliphatic rings. The van der Waals surface area contributed by atoms with Gasteiger partial charge in [-0.25, -0.2) is 9.59 Å². The van der Waals surface area contributed by atoms with Crippen LogP contribution in [0.3, 0.4) is 0 Å². The molecule has 1 heterocycles. The lowest BCUT2D eigenvalue weighted by Crippen LogP contribution is -2.41. The number of benzene rings is 1. The molecule has 0 atom stereocenters. The van der Waals surface area contributed by atoms with E-state index < -0.39 is 17.7 Å². The largest absolute Gasteiger partial charge is 0.419 e. The third-order valence-corrected chi connectivity index (χ3v) is 4.15. The van der Waals surface area contributed by atoms with Crippen LogP contribution in [0, 0.1) is 0 Å². The molecule has 136 valence electrons. The molecule has 0 aromatic heterocycles. The van der Waals surface area contributed by atoms with E-state index in [-0.39, 0.29) is 5.57 Å². The lowest BCUT2D eigenvalue weighted by molar-refractivity contribution is -0.222. The quantitative estimate of drug-likeness (QED) is 0.464. The second-order valence-corrected chi connectivity index (χ2v) is 7.30. The van der Waals surface area contributed by atoms with Crippen LogP contribution in [-0.2, 0) is 25.6 Å². The standard InChI is InChI=1S/C20H27NO4/c1-13(2)21(14(3)4)12-16-10-8-7-9-15(16)11-17-18(22)24-20(5,6)25-19(17)23/h7-11,13-14H,12H2,1-6H3. The Hall–Kier alpha value is -2.14. The van der Waals surface area contributed by atoms with Crippen LogP contribution in [0.1, 0.15) is 52.7 Å². The lowest BCUT2D eigenvalue weighted by atomic mass is 10.0. The van der Waals surface area contributed by atoms with Gasteiger partial charge in [-0.05, 0) is 44.9 Å². The summed E-state index contributed by atoms with van der Waals surface area (Å²) in [5.41, 5.74) is 1.78. The van der Waals surface area contributed by atoms with Crippen LogP contribution >= 0.6 is 0 Å². The van der Waals surface area contributed by atoms with E-state index in [0.29, 0.717) is 12.1 Å². The highest BCUT2D eigenvalue weighted by Crippen LogP contribution is 2.25. The Labute approximate surface area is 149 Å². The number of rotatable bonds is 5. The first kappa shape index (κ1) is 19.2. The van der Waals surface area contributed by atoms with Crippen LogP contribution in [0.15, 0.2) is 29.8 Å². The van der Waals surface area contributed by atoms with Crippen molar-refractivity contribution >= 4 is 18.0 Å². The van der Waals surface area contributed by atoms with Crippen molar-refractivity contribution in [3.8, 4) is 0 Å². The van der Waals surface area contributed by atoms with Gasteiger partial charge in [-0.1, -0.05) is 24.3 Å². The maximum Gasteiger partial charge on any atom is 0.348 e. The van der Waals surface area contributed by atoms with Crippen molar-refractivity contribution in [2.24, 2.45) is 0 Å². The fraction of sp³-hybridized carbons (Fsp3) is 0.500. The highest BCUT2D eigenvalue weighted by atomic mass is 16.7. The van der Waals surface area contributed by atoms with E-state index in [1.54, 1.807) is 6.08 Å². The number of carbonyl (C=O) groups is 2. The average Bonchev–Trinajstić information content (AvgIpc) is 2.48. The average molecular weight is 345 g/mol. The summed E-state index contributed by atoms with van der Waals surface area (Å²) in [6.45, 7) is 12.4. The van der Waals surface area contributed by atoms with Crippen molar-refractivity contribution in [1.29, 1.82) is 0 Å². The molecule has 0 N–H and O–H groups in total. The molecule has 25 heavy (non-hydrogen) atoms. The number of carbonyl (C=O) groups excluding carboxylic acids is 2. The number of cyclic esters (lactones) is 2. The molecule has 1 saturated heterocycles. The molecule has 0 saturated carbocycles. The minimum absolute atomic E-state index is 0.0765. The van der Waals surface area contributed by atoms with Gasteiger partial charge in [0.1, 0.15) is 5.57 Å². The zero-order valence-electron chi connectivity index (χ0n) is 15.8. The molecule has 0 amide bonds.